The summed E-state index contributed by atoms with van der Waals surface area (Å²) in [6.45, 7) is 28.3. The molecule has 354 valence electrons. The molecule has 0 atom stereocenters. The number of aromatic nitrogens is 2. The maximum absolute atomic E-state index is 5.38. The second kappa shape index (κ2) is 14.6. The van der Waals surface area contributed by atoms with Crippen LogP contribution in [0.15, 0.2) is 159 Å². The minimum Gasteiger partial charge on any atom is -0.309 e. The first kappa shape index (κ1) is 44.3. The average Bonchev–Trinajstić information content (AvgIpc) is 3.73. The van der Waals surface area contributed by atoms with Gasteiger partial charge >= 0.3 is 0 Å². The highest BCUT2D eigenvalue weighted by Crippen LogP contribution is 2.59. The van der Waals surface area contributed by atoms with Gasteiger partial charge in [-0.25, -0.2) is 4.98 Å². The van der Waals surface area contributed by atoms with Gasteiger partial charge in [-0.05, 0) is 144 Å². The molecule has 14 rings (SSSR count). The zero-order valence-electron chi connectivity index (χ0n) is 43.5. The third-order valence-electron chi connectivity index (χ3n) is 16.1. The lowest BCUT2D eigenvalue weighted by Gasteiger charge is -2.48. The van der Waals surface area contributed by atoms with Gasteiger partial charge in [0.1, 0.15) is 5.65 Å². The molecule has 0 radical (unpaired) electrons. The first-order valence-corrected chi connectivity index (χ1v) is 27.4. The second-order valence-electron chi connectivity index (χ2n) is 25.0. The molecule has 0 saturated heterocycles. The van der Waals surface area contributed by atoms with Crippen molar-refractivity contribution in [2.45, 2.75) is 124 Å². The number of imidazole rings is 1. The van der Waals surface area contributed by atoms with Crippen molar-refractivity contribution in [1.82, 2.24) is 9.38 Å². The topological polar surface area (TPSA) is 23.8 Å². The fraction of sp³-hybridized carbons (Fsp3) is 0.246. The van der Waals surface area contributed by atoms with Crippen LogP contribution in [0.2, 0.25) is 0 Å². The first-order valence-electron chi connectivity index (χ1n) is 25.7. The number of anilines is 6. The number of fused-ring (bicyclic) bond motifs is 16. The molecule has 8 aromatic carbocycles. The van der Waals surface area contributed by atoms with Crippen molar-refractivity contribution < 1.29 is 0 Å². The molecule has 6 heterocycles. The van der Waals surface area contributed by atoms with E-state index in [1.165, 1.54) is 125 Å². The highest BCUT2D eigenvalue weighted by molar-refractivity contribution is 8.00. The van der Waals surface area contributed by atoms with Crippen LogP contribution in [0.3, 0.4) is 0 Å². The zero-order valence-corrected chi connectivity index (χ0v) is 45.1. The summed E-state index contributed by atoms with van der Waals surface area (Å²) in [5, 5.41) is 3.63. The predicted molar refractivity (Wildman–Crippen MR) is 310 cm³/mol. The number of benzene rings is 8. The molecule has 0 bridgehead atoms. The van der Waals surface area contributed by atoms with Gasteiger partial charge in [0, 0.05) is 41.7 Å². The van der Waals surface area contributed by atoms with Gasteiger partial charge in [-0.15, -0.1) is 0 Å². The minimum absolute atomic E-state index is 0.00710. The molecule has 2 aromatic heterocycles. The van der Waals surface area contributed by atoms with E-state index >= 15 is 0 Å². The Hall–Kier alpha value is -6.41. The van der Waals surface area contributed by atoms with Gasteiger partial charge in [0.25, 0.3) is 6.71 Å². The molecule has 0 spiro atoms. The van der Waals surface area contributed by atoms with Crippen molar-refractivity contribution in [3.05, 3.63) is 162 Å². The SMILES string of the molecule is CC(C)(C)c1ccc2c(c1)Sc1cc(C(C)(C)C)cc3c1N2c1cc(-c2ccc4nc5c6ccccc6c6ccccc6n5c4c2)cc2c1B3c1cc(C(C)(C)C)cc3c1N2c1ccc(C(C)(C)C)cc1S3. The second-order valence-corrected chi connectivity index (χ2v) is 27.1. The molecule has 0 N–H and O–H groups in total. The molecule has 0 unspecified atom stereocenters. The molecule has 0 fully saturated rings. The molecule has 10 aromatic rings. The van der Waals surface area contributed by atoms with E-state index in [1.54, 1.807) is 0 Å². The number of hydrogen-bond donors (Lipinski definition) is 0. The van der Waals surface area contributed by atoms with Gasteiger partial charge in [-0.2, -0.15) is 0 Å². The van der Waals surface area contributed by atoms with Crippen LogP contribution in [-0.4, -0.2) is 16.1 Å². The summed E-state index contributed by atoms with van der Waals surface area (Å²) in [6, 6.07) is 54.3. The van der Waals surface area contributed by atoms with Crippen molar-refractivity contribution in [3.8, 4) is 11.1 Å². The molecule has 4 aliphatic rings. The van der Waals surface area contributed by atoms with Gasteiger partial charge in [-0.3, -0.25) is 4.40 Å². The minimum atomic E-state index is -0.0571. The lowest BCUT2D eigenvalue weighted by atomic mass is 9.33. The number of para-hydroxylation sites is 1. The summed E-state index contributed by atoms with van der Waals surface area (Å²) >= 11 is 3.92. The molecule has 4 aliphatic heterocycles. The summed E-state index contributed by atoms with van der Waals surface area (Å²) in [5.74, 6) is 0. The molecular formula is C65H59BN4S2. The first-order chi connectivity index (χ1) is 34.2. The Kier molecular flexibility index (Phi) is 9.01. The molecule has 4 nitrogen and oxygen atoms in total. The summed E-state index contributed by atoms with van der Waals surface area (Å²) in [7, 11) is 0. The van der Waals surface area contributed by atoms with Crippen LogP contribution in [0.25, 0.3) is 49.5 Å². The predicted octanol–water partition coefficient (Wildman–Crippen LogP) is 16.7. The van der Waals surface area contributed by atoms with E-state index in [2.05, 4.69) is 237 Å². The highest BCUT2D eigenvalue weighted by atomic mass is 32.2. The van der Waals surface area contributed by atoms with E-state index in [9.17, 15) is 0 Å². The fourth-order valence-corrected chi connectivity index (χ4v) is 14.5. The number of nitrogens with zero attached hydrogens (tertiary/aromatic N) is 4. The van der Waals surface area contributed by atoms with E-state index in [1.807, 2.05) is 23.5 Å². The number of pyridine rings is 1. The van der Waals surface area contributed by atoms with Gasteiger partial charge in [0.05, 0.1) is 39.3 Å². The van der Waals surface area contributed by atoms with Gasteiger partial charge in [-0.1, -0.05) is 179 Å². The Morgan fingerprint density at radius 3 is 1.42 bits per heavy atom. The Balaban J connectivity index is 1.11. The maximum Gasteiger partial charge on any atom is 0.252 e. The highest BCUT2D eigenvalue weighted by Gasteiger charge is 2.49. The van der Waals surface area contributed by atoms with Crippen molar-refractivity contribution in [2.24, 2.45) is 0 Å². The van der Waals surface area contributed by atoms with Crippen LogP contribution in [0.5, 0.6) is 0 Å². The maximum atomic E-state index is 5.38. The summed E-state index contributed by atoms with van der Waals surface area (Å²) in [5.41, 5.74) is 23.8. The molecule has 0 aliphatic carbocycles. The van der Waals surface area contributed by atoms with Crippen LogP contribution in [-0.2, 0) is 21.7 Å². The van der Waals surface area contributed by atoms with Crippen molar-refractivity contribution in [3.63, 3.8) is 0 Å². The van der Waals surface area contributed by atoms with Crippen molar-refractivity contribution in [2.75, 3.05) is 9.80 Å². The molecule has 0 saturated carbocycles. The zero-order chi connectivity index (χ0) is 49.7. The van der Waals surface area contributed by atoms with Gasteiger partial charge in [0.2, 0.25) is 0 Å². The monoisotopic (exact) mass is 970 g/mol. The fourth-order valence-electron chi connectivity index (χ4n) is 12.1. The standard InChI is InChI=1S/C65H59BN4S2/c1-62(2,3)38-22-25-49-54(32-38)71-56-34-40(64(7,8)9)30-45-59(56)68(49)52-28-37(36-21-24-47-51(27-36)70-48-20-16-15-18-43(48)42-17-13-14-19-44(42)61(70)67-47)29-53-58(52)66(45)46-31-41(65(10,11)12)35-57-60(46)69(53)50-26-23-39(63(4,5)6)33-55(50)72-57/h13-35H,1-12H3. The Morgan fingerprint density at radius 2 is 0.889 bits per heavy atom. The van der Waals surface area contributed by atoms with E-state index in [-0.39, 0.29) is 28.4 Å². The van der Waals surface area contributed by atoms with Crippen LogP contribution in [0, 0.1) is 0 Å². The Labute approximate surface area is 433 Å². The van der Waals surface area contributed by atoms with E-state index < -0.39 is 0 Å². The third kappa shape index (κ3) is 6.32. The number of hydrogen-bond acceptors (Lipinski definition) is 5. The summed E-state index contributed by atoms with van der Waals surface area (Å²) in [4.78, 5) is 16.0. The Morgan fingerprint density at radius 1 is 0.403 bits per heavy atom. The molecule has 72 heavy (non-hydrogen) atoms. The molecule has 7 heteroatoms. The lowest BCUT2D eigenvalue weighted by molar-refractivity contribution is 0.588. The lowest BCUT2D eigenvalue weighted by Crippen LogP contribution is -2.62. The van der Waals surface area contributed by atoms with Crippen LogP contribution in [0.4, 0.5) is 34.1 Å². The normalized spacial score (nSPS) is 14.8. The smallest absolute Gasteiger partial charge is 0.252 e. The van der Waals surface area contributed by atoms with Gasteiger partial charge < -0.3 is 9.80 Å². The largest absolute Gasteiger partial charge is 0.309 e. The van der Waals surface area contributed by atoms with E-state index in [0.29, 0.717) is 0 Å². The van der Waals surface area contributed by atoms with Crippen molar-refractivity contribution in [1.29, 1.82) is 0 Å². The van der Waals surface area contributed by atoms with Gasteiger partial charge in [0.15, 0.2) is 0 Å². The molecular weight excluding hydrogens is 912 g/mol. The quantitative estimate of drug-likeness (QED) is 0.121. The van der Waals surface area contributed by atoms with E-state index in [0.717, 1.165) is 16.7 Å². The van der Waals surface area contributed by atoms with Crippen LogP contribution >= 0.6 is 23.5 Å². The summed E-state index contributed by atoms with van der Waals surface area (Å²) < 4.78 is 2.40. The average molecular weight is 971 g/mol. The third-order valence-corrected chi connectivity index (χ3v) is 18.2. The van der Waals surface area contributed by atoms with Crippen LogP contribution < -0.4 is 26.2 Å². The van der Waals surface area contributed by atoms with Crippen molar-refractivity contribution >= 4 is 119 Å². The number of rotatable bonds is 1. The summed E-state index contributed by atoms with van der Waals surface area (Å²) in [6.07, 6.45) is 0. The Bertz CT molecular complexity index is 3900. The molecule has 0 amide bonds. The van der Waals surface area contributed by atoms with E-state index in [4.69, 9.17) is 4.98 Å². The van der Waals surface area contributed by atoms with Crippen LogP contribution in [0.1, 0.15) is 105 Å².